The van der Waals surface area contributed by atoms with Gasteiger partial charge in [-0.05, 0) is 25.7 Å². The molecular weight excluding hydrogens is 240 g/mol. The molecule has 0 fully saturated rings. The van der Waals surface area contributed by atoms with Crippen LogP contribution in [0.4, 0.5) is 0 Å². The summed E-state index contributed by atoms with van der Waals surface area (Å²) in [6.45, 7) is 0. The smallest absolute Gasteiger partial charge is 0.0348 e. The molecule has 0 nitrogen and oxygen atoms in total. The van der Waals surface area contributed by atoms with Gasteiger partial charge in [0.05, 0.1) is 0 Å². The van der Waals surface area contributed by atoms with Crippen molar-refractivity contribution in [2.24, 2.45) is 0 Å². The molecule has 116 valence electrons. The largest absolute Gasteiger partial charge is 0.0845 e. The highest BCUT2D eigenvalue weighted by Gasteiger charge is 1.94. The van der Waals surface area contributed by atoms with Crippen LogP contribution >= 0.6 is 0 Å². The van der Waals surface area contributed by atoms with Crippen molar-refractivity contribution in [3.63, 3.8) is 0 Å². The van der Waals surface area contributed by atoms with Gasteiger partial charge in [-0.1, -0.05) is 101 Å². The van der Waals surface area contributed by atoms with Gasteiger partial charge in [-0.25, -0.2) is 0 Å². The summed E-state index contributed by atoms with van der Waals surface area (Å²) < 4.78 is 0. The Morgan fingerprint density at radius 1 is 0.300 bits per heavy atom. The Hall–Kier alpha value is -0.520. The van der Waals surface area contributed by atoms with Crippen LogP contribution in [0.1, 0.15) is 103 Å². The Morgan fingerprint density at radius 2 is 0.550 bits per heavy atom. The predicted octanol–water partition coefficient (Wildman–Crippen LogP) is 7.35. The van der Waals surface area contributed by atoms with E-state index >= 15 is 0 Å². The van der Waals surface area contributed by atoms with Gasteiger partial charge in [0.1, 0.15) is 0 Å². The monoisotopic (exact) mass is 276 g/mol. The Kier molecular flexibility index (Phi) is 13.0. The van der Waals surface area contributed by atoms with Crippen molar-refractivity contribution in [1.29, 1.82) is 0 Å². The minimum atomic E-state index is 1.27. The molecule has 0 amide bonds. The molecule has 0 N–H and O–H groups in total. The van der Waals surface area contributed by atoms with E-state index in [0.717, 1.165) is 0 Å². The van der Waals surface area contributed by atoms with Crippen molar-refractivity contribution in [3.8, 4) is 0 Å². The molecule has 0 aliphatic heterocycles. The first-order valence-electron chi connectivity index (χ1n) is 9.32. The summed E-state index contributed by atoms with van der Waals surface area (Å²) >= 11 is 0. The molecule has 20 heavy (non-hydrogen) atoms. The van der Waals surface area contributed by atoms with Gasteiger partial charge in [-0.15, -0.1) is 0 Å². The van der Waals surface area contributed by atoms with Gasteiger partial charge >= 0.3 is 0 Å². The van der Waals surface area contributed by atoms with Crippen molar-refractivity contribution in [1.82, 2.24) is 0 Å². The van der Waals surface area contributed by atoms with Crippen LogP contribution in [-0.2, 0) is 0 Å². The fourth-order valence-electron chi connectivity index (χ4n) is 3.00. The summed E-state index contributed by atoms with van der Waals surface area (Å²) in [5.41, 5.74) is 0. The number of hydrogen-bond acceptors (Lipinski definition) is 0. The molecule has 0 heteroatoms. The zero-order chi connectivity index (χ0) is 14.1. The van der Waals surface area contributed by atoms with Gasteiger partial charge in [0.2, 0.25) is 0 Å². The molecule has 1 rings (SSSR count). The van der Waals surface area contributed by atoms with Gasteiger partial charge in [-0.3, -0.25) is 0 Å². The van der Waals surface area contributed by atoms with Crippen LogP contribution < -0.4 is 0 Å². The average molecular weight is 277 g/mol. The fraction of sp³-hybridized carbons (Fsp3) is 0.800. The van der Waals surface area contributed by atoms with E-state index in [1.54, 1.807) is 0 Å². The maximum atomic E-state index is 2.34. The standard InChI is InChI=1S/C20H36/c1-2-4-6-8-10-12-14-16-18-20-19-17-15-13-11-9-7-5-3-1/h1-4H,5-20H2/b3-1-,4-2+. The van der Waals surface area contributed by atoms with Gasteiger partial charge in [0.25, 0.3) is 0 Å². The summed E-state index contributed by atoms with van der Waals surface area (Å²) in [7, 11) is 0. The second-order valence-electron chi connectivity index (χ2n) is 6.38. The molecule has 0 spiro atoms. The van der Waals surface area contributed by atoms with E-state index < -0.39 is 0 Å². The molecule has 0 aromatic carbocycles. The molecule has 1 aliphatic carbocycles. The zero-order valence-corrected chi connectivity index (χ0v) is 13.6. The van der Waals surface area contributed by atoms with Crippen LogP contribution in [0.5, 0.6) is 0 Å². The topological polar surface area (TPSA) is 0 Å². The van der Waals surface area contributed by atoms with Crippen LogP contribution in [0.3, 0.4) is 0 Å². The highest BCUT2D eigenvalue weighted by atomic mass is 14.0. The van der Waals surface area contributed by atoms with Crippen LogP contribution in [0.2, 0.25) is 0 Å². The second kappa shape index (κ2) is 14.9. The van der Waals surface area contributed by atoms with Crippen LogP contribution in [0.25, 0.3) is 0 Å². The SMILES string of the molecule is C1=C\CCCCCCCCCCCCCCCC/C=C/1. The number of rotatable bonds is 0. The normalized spacial score (nSPS) is 25.6. The van der Waals surface area contributed by atoms with E-state index in [4.69, 9.17) is 0 Å². The molecule has 0 aromatic rings. The van der Waals surface area contributed by atoms with E-state index in [1.165, 1.54) is 103 Å². The minimum absolute atomic E-state index is 1.27. The third-order valence-corrected chi connectivity index (χ3v) is 4.37. The van der Waals surface area contributed by atoms with E-state index in [-0.39, 0.29) is 0 Å². The Balaban J connectivity index is 2.12. The molecule has 0 aromatic heterocycles. The van der Waals surface area contributed by atoms with Crippen LogP contribution in [0.15, 0.2) is 24.3 Å². The highest BCUT2D eigenvalue weighted by molar-refractivity contribution is 5.02. The first-order chi connectivity index (χ1) is 10.0. The molecule has 0 saturated carbocycles. The summed E-state index contributed by atoms with van der Waals surface area (Å²) in [5.74, 6) is 0. The molecule has 1 aliphatic rings. The molecular formula is C20H36. The fourth-order valence-corrected chi connectivity index (χ4v) is 3.00. The first-order valence-corrected chi connectivity index (χ1v) is 9.32. The minimum Gasteiger partial charge on any atom is -0.0845 e. The Morgan fingerprint density at radius 3 is 0.850 bits per heavy atom. The lowest BCUT2D eigenvalue weighted by Crippen LogP contribution is -1.83. The van der Waals surface area contributed by atoms with E-state index in [2.05, 4.69) is 24.3 Å². The lowest BCUT2D eigenvalue weighted by molar-refractivity contribution is 0.534. The third-order valence-electron chi connectivity index (χ3n) is 4.37. The number of allylic oxidation sites excluding steroid dienone is 4. The highest BCUT2D eigenvalue weighted by Crippen LogP contribution is 2.14. The maximum absolute atomic E-state index is 2.34. The molecule has 0 bridgehead atoms. The zero-order valence-electron chi connectivity index (χ0n) is 13.6. The quantitative estimate of drug-likeness (QED) is 0.433. The summed E-state index contributed by atoms with van der Waals surface area (Å²) in [6, 6.07) is 0. The van der Waals surface area contributed by atoms with Crippen molar-refractivity contribution in [2.45, 2.75) is 103 Å². The van der Waals surface area contributed by atoms with Crippen molar-refractivity contribution in [2.75, 3.05) is 0 Å². The Bertz CT molecular complexity index is 210. The van der Waals surface area contributed by atoms with Crippen molar-refractivity contribution < 1.29 is 0 Å². The summed E-state index contributed by atoms with van der Waals surface area (Å²) in [4.78, 5) is 0. The molecule has 0 unspecified atom stereocenters. The van der Waals surface area contributed by atoms with Crippen LogP contribution in [-0.4, -0.2) is 0 Å². The average Bonchev–Trinajstić information content (AvgIpc) is 2.46. The van der Waals surface area contributed by atoms with Gasteiger partial charge in [0.15, 0.2) is 0 Å². The van der Waals surface area contributed by atoms with E-state index in [1.807, 2.05) is 0 Å². The molecule has 0 saturated heterocycles. The third kappa shape index (κ3) is 12.5. The molecule has 0 atom stereocenters. The van der Waals surface area contributed by atoms with Gasteiger partial charge in [-0.2, -0.15) is 0 Å². The van der Waals surface area contributed by atoms with Gasteiger partial charge < -0.3 is 0 Å². The molecule has 0 radical (unpaired) electrons. The van der Waals surface area contributed by atoms with E-state index in [0.29, 0.717) is 0 Å². The number of hydrogen-bond donors (Lipinski definition) is 0. The first kappa shape index (κ1) is 17.5. The predicted molar refractivity (Wildman–Crippen MR) is 92.2 cm³/mol. The lowest BCUT2D eigenvalue weighted by Gasteiger charge is -2.03. The van der Waals surface area contributed by atoms with Gasteiger partial charge in [0, 0.05) is 0 Å². The molecule has 0 heterocycles. The maximum Gasteiger partial charge on any atom is -0.0348 e. The van der Waals surface area contributed by atoms with Crippen molar-refractivity contribution >= 4 is 0 Å². The second-order valence-corrected chi connectivity index (χ2v) is 6.38. The summed E-state index contributed by atoms with van der Waals surface area (Å²) in [6.07, 6.45) is 32.0. The van der Waals surface area contributed by atoms with E-state index in [9.17, 15) is 0 Å². The van der Waals surface area contributed by atoms with Crippen LogP contribution in [0, 0.1) is 0 Å². The lowest BCUT2D eigenvalue weighted by atomic mass is 10.0. The van der Waals surface area contributed by atoms with Crippen molar-refractivity contribution in [3.05, 3.63) is 24.3 Å². The summed E-state index contributed by atoms with van der Waals surface area (Å²) in [5, 5.41) is 0. The Labute approximate surface area is 127 Å².